The maximum absolute atomic E-state index is 13.4. The summed E-state index contributed by atoms with van der Waals surface area (Å²) >= 11 is 0. The van der Waals surface area contributed by atoms with Gasteiger partial charge >= 0.3 is 0 Å². The summed E-state index contributed by atoms with van der Waals surface area (Å²) < 4.78 is 0. The van der Waals surface area contributed by atoms with Crippen molar-refractivity contribution in [3.8, 4) is 0 Å². The van der Waals surface area contributed by atoms with Crippen LogP contribution < -0.4 is 21.3 Å². The highest BCUT2D eigenvalue weighted by Gasteiger charge is 2.42. The Morgan fingerprint density at radius 2 is 1.71 bits per heavy atom. The summed E-state index contributed by atoms with van der Waals surface area (Å²) in [6.45, 7) is 8.78. The molecule has 1 aliphatic carbocycles. The SMILES string of the molecule is Cc1cc(C(N)=O)c(NCC(C)(C)C)cc1C(=O)NC1CC2CCC(C1)N2c1ccc(C(=O)C2CC2)cn1. The Labute approximate surface area is 224 Å². The minimum Gasteiger partial charge on any atom is -0.384 e. The lowest BCUT2D eigenvalue weighted by molar-refractivity contribution is 0.0923. The molecular formula is C30H39N5O3. The lowest BCUT2D eigenvalue weighted by Gasteiger charge is -2.40. The molecule has 1 aromatic heterocycles. The van der Waals surface area contributed by atoms with Gasteiger partial charge in [-0.3, -0.25) is 14.4 Å². The van der Waals surface area contributed by atoms with E-state index in [1.54, 1.807) is 18.3 Å². The summed E-state index contributed by atoms with van der Waals surface area (Å²) in [5, 5.41) is 6.58. The first kappa shape index (κ1) is 26.2. The van der Waals surface area contributed by atoms with E-state index in [-0.39, 0.29) is 29.1 Å². The lowest BCUT2D eigenvalue weighted by Crippen LogP contribution is -2.50. The molecule has 2 aliphatic heterocycles. The molecule has 3 fully saturated rings. The second-order valence-corrected chi connectivity index (χ2v) is 12.5. The fourth-order valence-corrected chi connectivity index (χ4v) is 5.86. The molecule has 0 radical (unpaired) electrons. The second kappa shape index (κ2) is 10.0. The van der Waals surface area contributed by atoms with E-state index in [1.807, 2.05) is 19.1 Å². The molecule has 4 N–H and O–H groups in total. The van der Waals surface area contributed by atoms with Crippen LogP contribution in [0.1, 0.15) is 95.9 Å². The number of benzene rings is 1. The standard InChI is InChI=1S/C30H39N5O3/c1-17-11-24(28(31)37)25(33-16-30(2,3)4)14-23(17)29(38)34-20-12-21-8-9-22(13-20)35(21)26-10-7-19(15-32-26)27(36)18-5-6-18/h7,10-11,14-15,18,20-22,33H,5-6,8-9,12-13,16H2,1-4H3,(H2,31,37)(H,34,38). The predicted octanol–water partition coefficient (Wildman–Crippen LogP) is 4.47. The third-order valence-corrected chi connectivity index (χ3v) is 8.00. The highest BCUT2D eigenvalue weighted by molar-refractivity contribution is 6.03. The van der Waals surface area contributed by atoms with E-state index in [4.69, 9.17) is 5.73 Å². The van der Waals surface area contributed by atoms with Gasteiger partial charge in [0.05, 0.1) is 5.56 Å². The van der Waals surface area contributed by atoms with Crippen molar-refractivity contribution in [2.75, 3.05) is 16.8 Å². The molecule has 202 valence electrons. The highest BCUT2D eigenvalue weighted by atomic mass is 16.2. The van der Waals surface area contributed by atoms with Gasteiger partial charge in [0.1, 0.15) is 5.82 Å². The Bertz CT molecular complexity index is 1230. The van der Waals surface area contributed by atoms with Crippen LogP contribution in [0.3, 0.4) is 0 Å². The predicted molar refractivity (Wildman–Crippen MR) is 149 cm³/mol. The number of nitrogens with zero attached hydrogens (tertiary/aromatic N) is 2. The van der Waals surface area contributed by atoms with E-state index in [0.29, 0.717) is 41.0 Å². The number of Topliss-reactive ketones (excluding diaryl/α,β-unsaturated/α-hetero) is 1. The monoisotopic (exact) mass is 517 g/mol. The number of nitrogens with two attached hydrogens (primary N) is 1. The molecule has 2 bridgehead atoms. The number of piperidine rings is 1. The number of carbonyl (C=O) groups is 3. The summed E-state index contributed by atoms with van der Waals surface area (Å²) in [4.78, 5) is 44.9. The van der Waals surface area contributed by atoms with Crippen LogP contribution in [0.15, 0.2) is 30.5 Å². The molecule has 0 spiro atoms. The average molecular weight is 518 g/mol. The number of carbonyl (C=O) groups excluding carboxylic acids is 3. The zero-order chi connectivity index (χ0) is 27.2. The molecule has 2 unspecified atom stereocenters. The molecule has 8 heteroatoms. The third kappa shape index (κ3) is 5.54. The van der Waals surface area contributed by atoms with Gasteiger partial charge in [-0.25, -0.2) is 4.98 Å². The Hall–Kier alpha value is -3.42. The van der Waals surface area contributed by atoms with Crippen LogP contribution in [-0.4, -0.2) is 47.3 Å². The first-order chi connectivity index (χ1) is 18.0. The van der Waals surface area contributed by atoms with E-state index in [2.05, 4.69) is 41.3 Å². The van der Waals surface area contributed by atoms with Gasteiger partial charge in [-0.1, -0.05) is 20.8 Å². The van der Waals surface area contributed by atoms with Crippen molar-refractivity contribution in [3.63, 3.8) is 0 Å². The zero-order valence-electron chi connectivity index (χ0n) is 22.8. The van der Waals surface area contributed by atoms with Crippen LogP contribution in [0.5, 0.6) is 0 Å². The normalized spacial score (nSPS) is 22.7. The number of hydrogen-bond acceptors (Lipinski definition) is 6. The fourth-order valence-electron chi connectivity index (χ4n) is 5.86. The molecule has 1 saturated carbocycles. The van der Waals surface area contributed by atoms with Crippen molar-refractivity contribution in [2.24, 2.45) is 17.1 Å². The Balaban J connectivity index is 1.27. The topological polar surface area (TPSA) is 117 Å². The first-order valence-corrected chi connectivity index (χ1v) is 13.8. The lowest BCUT2D eigenvalue weighted by atomic mass is 9.95. The number of ketones is 1. The molecule has 2 atom stereocenters. The summed E-state index contributed by atoms with van der Waals surface area (Å²) in [5.74, 6) is 0.681. The van der Waals surface area contributed by atoms with Crippen LogP contribution >= 0.6 is 0 Å². The van der Waals surface area contributed by atoms with Crippen LogP contribution in [0.25, 0.3) is 0 Å². The van der Waals surface area contributed by atoms with Crippen LogP contribution in [0.4, 0.5) is 11.5 Å². The van der Waals surface area contributed by atoms with Gasteiger partial charge in [0.15, 0.2) is 5.78 Å². The van der Waals surface area contributed by atoms with E-state index in [1.165, 1.54) is 0 Å². The summed E-state index contributed by atoms with van der Waals surface area (Å²) in [6, 6.07) is 8.04. The number of amides is 2. The Morgan fingerprint density at radius 1 is 1.03 bits per heavy atom. The summed E-state index contributed by atoms with van der Waals surface area (Å²) in [6.07, 6.45) is 7.54. The molecule has 38 heavy (non-hydrogen) atoms. The first-order valence-electron chi connectivity index (χ1n) is 13.8. The summed E-state index contributed by atoms with van der Waals surface area (Å²) in [5.41, 5.74) is 8.60. The number of rotatable bonds is 8. The van der Waals surface area contributed by atoms with Crippen molar-refractivity contribution < 1.29 is 14.4 Å². The molecule has 2 saturated heterocycles. The number of aromatic nitrogens is 1. The highest BCUT2D eigenvalue weighted by Crippen LogP contribution is 2.39. The molecule has 8 nitrogen and oxygen atoms in total. The fraction of sp³-hybridized carbons (Fsp3) is 0.533. The number of nitrogens with one attached hydrogen (secondary N) is 2. The minimum atomic E-state index is -0.515. The average Bonchev–Trinajstić information content (AvgIpc) is 3.67. The minimum absolute atomic E-state index is 0.00258. The van der Waals surface area contributed by atoms with E-state index >= 15 is 0 Å². The van der Waals surface area contributed by atoms with Gasteiger partial charge in [-0.15, -0.1) is 0 Å². The molecule has 5 rings (SSSR count). The molecule has 2 aromatic rings. The molecule has 3 aliphatic rings. The second-order valence-electron chi connectivity index (χ2n) is 12.5. The van der Waals surface area contributed by atoms with Gasteiger partial charge in [0.25, 0.3) is 11.8 Å². The van der Waals surface area contributed by atoms with E-state index in [9.17, 15) is 14.4 Å². The van der Waals surface area contributed by atoms with Crippen molar-refractivity contribution in [2.45, 2.75) is 84.3 Å². The van der Waals surface area contributed by atoms with E-state index in [0.717, 1.165) is 49.9 Å². The van der Waals surface area contributed by atoms with E-state index < -0.39 is 5.91 Å². The number of hydrogen-bond donors (Lipinski definition) is 3. The van der Waals surface area contributed by atoms with Gasteiger partial charge in [0.2, 0.25) is 0 Å². The molecule has 2 amide bonds. The molecule has 1 aromatic carbocycles. The van der Waals surface area contributed by atoms with Crippen LogP contribution in [0, 0.1) is 18.3 Å². The largest absolute Gasteiger partial charge is 0.384 e. The summed E-state index contributed by atoms with van der Waals surface area (Å²) in [7, 11) is 0. The third-order valence-electron chi connectivity index (χ3n) is 8.00. The Morgan fingerprint density at radius 3 is 2.26 bits per heavy atom. The van der Waals surface area contributed by atoms with Gasteiger partial charge in [0, 0.05) is 53.6 Å². The molecular weight excluding hydrogens is 478 g/mol. The van der Waals surface area contributed by atoms with Crippen molar-refractivity contribution in [3.05, 3.63) is 52.7 Å². The maximum atomic E-state index is 13.4. The van der Waals surface area contributed by atoms with Gasteiger partial charge in [-0.05, 0) is 80.7 Å². The number of fused-ring (bicyclic) bond motifs is 2. The maximum Gasteiger partial charge on any atom is 0.251 e. The quantitative estimate of drug-likeness (QED) is 0.445. The van der Waals surface area contributed by atoms with Gasteiger partial charge < -0.3 is 21.3 Å². The van der Waals surface area contributed by atoms with Gasteiger partial charge in [-0.2, -0.15) is 0 Å². The van der Waals surface area contributed by atoms with Crippen LogP contribution in [-0.2, 0) is 0 Å². The number of pyridine rings is 1. The van der Waals surface area contributed by atoms with Crippen molar-refractivity contribution in [1.82, 2.24) is 10.3 Å². The van der Waals surface area contributed by atoms with Crippen molar-refractivity contribution >= 4 is 29.1 Å². The zero-order valence-corrected chi connectivity index (χ0v) is 22.8. The van der Waals surface area contributed by atoms with Crippen LogP contribution in [0.2, 0.25) is 0 Å². The smallest absolute Gasteiger partial charge is 0.251 e. The van der Waals surface area contributed by atoms with Crippen molar-refractivity contribution in [1.29, 1.82) is 0 Å². The number of primary amides is 1. The number of anilines is 2. The molecule has 3 heterocycles. The number of aryl methyl sites for hydroxylation is 1. The Kier molecular flexibility index (Phi) is 6.92.